The largest absolute Gasteiger partial charge is 0.322 e. The van der Waals surface area contributed by atoms with E-state index in [0.717, 1.165) is 10.8 Å². The van der Waals surface area contributed by atoms with Gasteiger partial charge in [-0.15, -0.1) is 0 Å². The predicted molar refractivity (Wildman–Crippen MR) is 86.0 cm³/mol. The number of hydrogen-bond donors (Lipinski definition) is 1. The molecule has 0 radical (unpaired) electrons. The molecule has 0 unspecified atom stereocenters. The van der Waals surface area contributed by atoms with Crippen LogP contribution in [-0.2, 0) is 0 Å². The number of hydrogen-bond acceptors (Lipinski definition) is 1. The summed E-state index contributed by atoms with van der Waals surface area (Å²) in [5.41, 5.74) is 0.649. The molecule has 0 heterocycles. The quantitative estimate of drug-likeness (QED) is 0.697. The second kappa shape index (κ2) is 5.66. The molecule has 0 spiro atoms. The lowest BCUT2D eigenvalue weighted by Gasteiger charge is -2.08. The number of rotatable bonds is 2. The van der Waals surface area contributed by atoms with Gasteiger partial charge in [-0.3, -0.25) is 4.79 Å². The maximum atomic E-state index is 13.7. The van der Waals surface area contributed by atoms with Crippen LogP contribution in [0.15, 0.2) is 65.1 Å². The number of halogens is 2. The minimum absolute atomic E-state index is 0.0116. The highest BCUT2D eigenvalue weighted by molar-refractivity contribution is 9.10. The fourth-order valence-corrected chi connectivity index (χ4v) is 2.50. The molecule has 2 nitrogen and oxygen atoms in total. The van der Waals surface area contributed by atoms with Crippen molar-refractivity contribution < 1.29 is 9.18 Å². The SMILES string of the molecule is O=C(Nc1ccc2ccccc2c1)c1cc(Br)ccc1F. The van der Waals surface area contributed by atoms with Crippen LogP contribution in [0.3, 0.4) is 0 Å². The maximum Gasteiger partial charge on any atom is 0.258 e. The Kier molecular flexibility index (Phi) is 3.71. The smallest absolute Gasteiger partial charge is 0.258 e. The monoisotopic (exact) mass is 343 g/mol. The molecule has 0 aliphatic carbocycles. The number of fused-ring (bicyclic) bond motifs is 1. The Morgan fingerprint density at radius 3 is 2.52 bits per heavy atom. The third-order valence-electron chi connectivity index (χ3n) is 3.18. The molecule has 0 fully saturated rings. The van der Waals surface area contributed by atoms with Gasteiger partial charge in [0.1, 0.15) is 5.82 Å². The first-order valence-corrected chi connectivity index (χ1v) is 7.18. The van der Waals surface area contributed by atoms with Gasteiger partial charge in [-0.1, -0.05) is 46.3 Å². The van der Waals surface area contributed by atoms with Gasteiger partial charge >= 0.3 is 0 Å². The Morgan fingerprint density at radius 1 is 0.952 bits per heavy atom. The van der Waals surface area contributed by atoms with Crippen molar-refractivity contribution in [3.63, 3.8) is 0 Å². The van der Waals surface area contributed by atoms with Crippen LogP contribution in [0.2, 0.25) is 0 Å². The van der Waals surface area contributed by atoms with Gasteiger partial charge in [-0.2, -0.15) is 0 Å². The lowest BCUT2D eigenvalue weighted by atomic mass is 10.1. The molecule has 3 aromatic rings. The van der Waals surface area contributed by atoms with Gasteiger partial charge in [0.15, 0.2) is 0 Å². The van der Waals surface area contributed by atoms with Gasteiger partial charge in [-0.05, 0) is 41.1 Å². The van der Waals surface area contributed by atoms with E-state index in [1.807, 2.05) is 36.4 Å². The van der Waals surface area contributed by atoms with E-state index in [9.17, 15) is 9.18 Å². The normalized spacial score (nSPS) is 10.6. The van der Waals surface area contributed by atoms with Crippen molar-refractivity contribution in [2.24, 2.45) is 0 Å². The van der Waals surface area contributed by atoms with Crippen LogP contribution in [0.25, 0.3) is 10.8 Å². The summed E-state index contributed by atoms with van der Waals surface area (Å²) in [4.78, 5) is 12.2. The molecule has 3 rings (SSSR count). The molecule has 0 saturated carbocycles. The van der Waals surface area contributed by atoms with E-state index in [0.29, 0.717) is 10.2 Å². The number of amides is 1. The zero-order chi connectivity index (χ0) is 14.8. The minimum atomic E-state index is -0.545. The molecule has 0 aromatic heterocycles. The molecule has 0 bridgehead atoms. The van der Waals surface area contributed by atoms with Gasteiger partial charge < -0.3 is 5.32 Å². The Morgan fingerprint density at radius 2 is 1.71 bits per heavy atom. The summed E-state index contributed by atoms with van der Waals surface area (Å²) in [7, 11) is 0. The molecule has 3 aromatic carbocycles. The van der Waals surface area contributed by atoms with Crippen molar-refractivity contribution in [2.45, 2.75) is 0 Å². The van der Waals surface area contributed by atoms with Crippen molar-refractivity contribution in [2.75, 3.05) is 5.32 Å². The molecule has 1 N–H and O–H groups in total. The summed E-state index contributed by atoms with van der Waals surface area (Å²) < 4.78 is 14.4. The van der Waals surface area contributed by atoms with Crippen LogP contribution in [0, 0.1) is 5.82 Å². The third-order valence-corrected chi connectivity index (χ3v) is 3.67. The third kappa shape index (κ3) is 2.95. The van der Waals surface area contributed by atoms with E-state index < -0.39 is 11.7 Å². The molecule has 1 amide bonds. The second-order valence-electron chi connectivity index (χ2n) is 4.64. The van der Waals surface area contributed by atoms with Crippen LogP contribution in [0.4, 0.5) is 10.1 Å². The number of benzene rings is 3. The van der Waals surface area contributed by atoms with Crippen LogP contribution in [0.5, 0.6) is 0 Å². The highest BCUT2D eigenvalue weighted by Crippen LogP contribution is 2.21. The first-order valence-electron chi connectivity index (χ1n) is 6.39. The van der Waals surface area contributed by atoms with Crippen LogP contribution in [0.1, 0.15) is 10.4 Å². The zero-order valence-electron chi connectivity index (χ0n) is 10.9. The van der Waals surface area contributed by atoms with E-state index in [1.54, 1.807) is 12.1 Å². The van der Waals surface area contributed by atoms with Crippen molar-refractivity contribution in [1.29, 1.82) is 0 Å². The van der Waals surface area contributed by atoms with Crippen molar-refractivity contribution in [1.82, 2.24) is 0 Å². The van der Waals surface area contributed by atoms with Crippen molar-refractivity contribution >= 4 is 38.3 Å². The Labute approximate surface area is 129 Å². The molecule has 4 heteroatoms. The average molecular weight is 344 g/mol. The molecule has 0 atom stereocenters. The number of carbonyl (C=O) groups excluding carboxylic acids is 1. The molecular formula is C17H11BrFNO. The lowest BCUT2D eigenvalue weighted by molar-refractivity contribution is 0.102. The minimum Gasteiger partial charge on any atom is -0.322 e. The Hall–Kier alpha value is -2.20. The van der Waals surface area contributed by atoms with Gasteiger partial charge in [-0.25, -0.2) is 4.39 Å². The van der Waals surface area contributed by atoms with E-state index in [2.05, 4.69) is 21.2 Å². The Balaban J connectivity index is 1.90. The van der Waals surface area contributed by atoms with Crippen molar-refractivity contribution in [3.8, 4) is 0 Å². The molecule has 21 heavy (non-hydrogen) atoms. The Bertz CT molecular complexity index is 832. The van der Waals surface area contributed by atoms with E-state index in [-0.39, 0.29) is 5.56 Å². The number of carbonyl (C=O) groups is 1. The van der Waals surface area contributed by atoms with Gasteiger partial charge in [0.25, 0.3) is 5.91 Å². The van der Waals surface area contributed by atoms with E-state index >= 15 is 0 Å². The molecule has 0 aliphatic rings. The number of anilines is 1. The molecule has 0 aliphatic heterocycles. The average Bonchev–Trinajstić information content (AvgIpc) is 2.49. The first-order chi connectivity index (χ1) is 10.1. The van der Waals surface area contributed by atoms with Gasteiger partial charge in [0, 0.05) is 10.2 Å². The van der Waals surface area contributed by atoms with Gasteiger partial charge in [0.05, 0.1) is 5.56 Å². The summed E-state index contributed by atoms with van der Waals surface area (Å²) in [5.74, 6) is -1.01. The summed E-state index contributed by atoms with van der Waals surface area (Å²) in [6.45, 7) is 0. The summed E-state index contributed by atoms with van der Waals surface area (Å²) >= 11 is 3.24. The molecule has 104 valence electrons. The first kappa shape index (κ1) is 13.8. The highest BCUT2D eigenvalue weighted by atomic mass is 79.9. The molecular weight excluding hydrogens is 333 g/mol. The second-order valence-corrected chi connectivity index (χ2v) is 5.56. The van der Waals surface area contributed by atoms with E-state index in [4.69, 9.17) is 0 Å². The zero-order valence-corrected chi connectivity index (χ0v) is 12.5. The van der Waals surface area contributed by atoms with Crippen LogP contribution in [-0.4, -0.2) is 5.91 Å². The highest BCUT2D eigenvalue weighted by Gasteiger charge is 2.12. The summed E-state index contributed by atoms with van der Waals surface area (Å²) in [5, 5.41) is 4.82. The topological polar surface area (TPSA) is 29.1 Å². The van der Waals surface area contributed by atoms with Crippen LogP contribution < -0.4 is 5.32 Å². The van der Waals surface area contributed by atoms with Crippen molar-refractivity contribution in [3.05, 3.63) is 76.5 Å². The van der Waals surface area contributed by atoms with Crippen LogP contribution >= 0.6 is 15.9 Å². The number of nitrogens with one attached hydrogen (secondary N) is 1. The van der Waals surface area contributed by atoms with Gasteiger partial charge in [0.2, 0.25) is 0 Å². The standard InChI is InChI=1S/C17H11BrFNO/c18-13-6-8-16(19)15(10-13)17(21)20-14-7-5-11-3-1-2-4-12(11)9-14/h1-10H,(H,20,21). The summed E-state index contributed by atoms with van der Waals surface area (Å²) in [6, 6.07) is 17.7. The fraction of sp³-hybridized carbons (Fsp3) is 0. The fourth-order valence-electron chi connectivity index (χ4n) is 2.14. The maximum absolute atomic E-state index is 13.7. The predicted octanol–water partition coefficient (Wildman–Crippen LogP) is 4.99. The lowest BCUT2D eigenvalue weighted by Crippen LogP contribution is -2.13. The summed E-state index contributed by atoms with van der Waals surface area (Å²) in [6.07, 6.45) is 0. The molecule has 0 saturated heterocycles. The van der Waals surface area contributed by atoms with E-state index in [1.165, 1.54) is 12.1 Å².